The third-order valence-corrected chi connectivity index (χ3v) is 4.36. The van der Waals surface area contributed by atoms with E-state index in [-0.39, 0.29) is 23.8 Å². The summed E-state index contributed by atoms with van der Waals surface area (Å²) >= 11 is 0. The van der Waals surface area contributed by atoms with Crippen molar-refractivity contribution in [1.29, 1.82) is 0 Å². The summed E-state index contributed by atoms with van der Waals surface area (Å²) in [5.74, 6) is 0.307. The fourth-order valence-electron chi connectivity index (χ4n) is 3.17. The summed E-state index contributed by atoms with van der Waals surface area (Å²) in [6.07, 6.45) is 2.11. The number of carbonyl (C=O) groups is 3. The lowest BCUT2D eigenvalue weighted by Gasteiger charge is -2.42. The third-order valence-electron chi connectivity index (χ3n) is 4.36. The summed E-state index contributed by atoms with van der Waals surface area (Å²) < 4.78 is 0. The quantitative estimate of drug-likeness (QED) is 0.672. The topological polar surface area (TPSA) is 105 Å². The first-order valence-corrected chi connectivity index (χ1v) is 7.52. The maximum Gasteiger partial charge on any atom is 0.312 e. The molecule has 4 N–H and O–H groups in total. The van der Waals surface area contributed by atoms with E-state index in [0.717, 1.165) is 12.8 Å². The molecule has 7 heteroatoms. The van der Waals surface area contributed by atoms with Crippen molar-refractivity contribution in [1.82, 2.24) is 15.5 Å². The van der Waals surface area contributed by atoms with Gasteiger partial charge in [-0.1, -0.05) is 13.8 Å². The standard InChI is InChI=1S/C14H24N4O3/c1-8(2)12(17-14(15)21)13(20)18-6-5-10-9(7-18)3-4-11(19)16-10/h8-10,12H,3-7H2,1-2H3,(H,16,19)(H3,15,17,21). The van der Waals surface area contributed by atoms with Gasteiger partial charge in [-0.3, -0.25) is 9.59 Å². The molecule has 0 spiro atoms. The molecule has 118 valence electrons. The molecule has 0 aromatic rings. The first-order chi connectivity index (χ1) is 9.88. The normalized spacial score (nSPS) is 26.8. The van der Waals surface area contributed by atoms with Crippen LogP contribution in [0.5, 0.6) is 0 Å². The van der Waals surface area contributed by atoms with Gasteiger partial charge in [-0.25, -0.2) is 4.79 Å². The van der Waals surface area contributed by atoms with E-state index in [9.17, 15) is 14.4 Å². The molecule has 21 heavy (non-hydrogen) atoms. The Morgan fingerprint density at radius 1 is 1.38 bits per heavy atom. The molecule has 2 aliphatic rings. The number of hydrogen-bond donors (Lipinski definition) is 3. The summed E-state index contributed by atoms with van der Waals surface area (Å²) in [4.78, 5) is 36.8. The van der Waals surface area contributed by atoms with Gasteiger partial charge in [-0.2, -0.15) is 0 Å². The Morgan fingerprint density at radius 3 is 2.71 bits per heavy atom. The van der Waals surface area contributed by atoms with Crippen molar-refractivity contribution in [3.05, 3.63) is 0 Å². The van der Waals surface area contributed by atoms with Gasteiger partial charge in [0.25, 0.3) is 0 Å². The number of nitrogens with two attached hydrogens (primary N) is 1. The highest BCUT2D eigenvalue weighted by Crippen LogP contribution is 2.26. The van der Waals surface area contributed by atoms with Crippen LogP contribution in [-0.2, 0) is 9.59 Å². The number of nitrogens with zero attached hydrogens (tertiary/aromatic N) is 1. The van der Waals surface area contributed by atoms with E-state index >= 15 is 0 Å². The van der Waals surface area contributed by atoms with Crippen LogP contribution in [-0.4, -0.2) is 47.9 Å². The SMILES string of the molecule is CC(C)C(NC(N)=O)C(=O)N1CCC2NC(=O)CCC2C1. The Kier molecular flexibility index (Phi) is 4.69. The zero-order valence-corrected chi connectivity index (χ0v) is 12.6. The minimum atomic E-state index is -0.679. The van der Waals surface area contributed by atoms with Gasteiger partial charge in [-0.15, -0.1) is 0 Å². The number of likely N-dealkylation sites (tertiary alicyclic amines) is 1. The van der Waals surface area contributed by atoms with Gasteiger partial charge in [0, 0.05) is 25.6 Å². The number of hydrogen-bond acceptors (Lipinski definition) is 3. The molecule has 3 atom stereocenters. The molecule has 2 fully saturated rings. The number of carbonyl (C=O) groups excluding carboxylic acids is 3. The molecule has 0 radical (unpaired) electrons. The predicted octanol–water partition coefficient (Wildman–Crippen LogP) is -0.194. The highest BCUT2D eigenvalue weighted by Gasteiger charge is 2.37. The third kappa shape index (κ3) is 3.65. The van der Waals surface area contributed by atoms with Crippen LogP contribution in [0.3, 0.4) is 0 Å². The van der Waals surface area contributed by atoms with Crippen molar-refractivity contribution >= 4 is 17.8 Å². The molecule has 2 aliphatic heterocycles. The van der Waals surface area contributed by atoms with Crippen molar-refractivity contribution < 1.29 is 14.4 Å². The Labute approximate surface area is 124 Å². The zero-order chi connectivity index (χ0) is 15.6. The predicted molar refractivity (Wildman–Crippen MR) is 77.2 cm³/mol. The molecule has 0 aromatic heterocycles. The van der Waals surface area contributed by atoms with Crippen molar-refractivity contribution in [3.8, 4) is 0 Å². The average Bonchev–Trinajstić information content (AvgIpc) is 2.43. The summed E-state index contributed by atoms with van der Waals surface area (Å²) in [5, 5.41) is 5.53. The molecule has 0 aliphatic carbocycles. The van der Waals surface area contributed by atoms with Crippen LogP contribution >= 0.6 is 0 Å². The molecular weight excluding hydrogens is 272 g/mol. The summed E-state index contributed by atoms with van der Waals surface area (Å²) in [7, 11) is 0. The van der Waals surface area contributed by atoms with E-state index in [2.05, 4.69) is 10.6 Å². The number of piperidine rings is 2. The minimum Gasteiger partial charge on any atom is -0.353 e. The smallest absolute Gasteiger partial charge is 0.312 e. The zero-order valence-electron chi connectivity index (χ0n) is 12.6. The van der Waals surface area contributed by atoms with Crippen molar-refractivity contribution in [3.63, 3.8) is 0 Å². The fraction of sp³-hybridized carbons (Fsp3) is 0.786. The Balaban J connectivity index is 1.99. The highest BCUT2D eigenvalue weighted by atomic mass is 16.2. The van der Waals surface area contributed by atoms with Crippen LogP contribution in [0.4, 0.5) is 4.79 Å². The summed E-state index contributed by atoms with van der Waals surface area (Å²) in [5.41, 5.74) is 5.15. The second-order valence-electron chi connectivity index (χ2n) is 6.28. The summed E-state index contributed by atoms with van der Waals surface area (Å²) in [6.45, 7) is 5.00. The number of fused-ring (bicyclic) bond motifs is 1. The molecule has 0 aromatic carbocycles. The van der Waals surface area contributed by atoms with Crippen LogP contribution < -0.4 is 16.4 Å². The Hall–Kier alpha value is -1.79. The molecule has 2 saturated heterocycles. The molecule has 4 amide bonds. The van der Waals surface area contributed by atoms with Crippen LogP contribution in [0.2, 0.25) is 0 Å². The molecule has 2 rings (SSSR count). The minimum absolute atomic E-state index is 0.0196. The van der Waals surface area contributed by atoms with Crippen LogP contribution in [0.15, 0.2) is 0 Å². The van der Waals surface area contributed by atoms with Gasteiger partial charge >= 0.3 is 6.03 Å². The second kappa shape index (κ2) is 6.32. The molecule has 3 unspecified atom stereocenters. The van der Waals surface area contributed by atoms with E-state index in [1.165, 1.54) is 0 Å². The number of primary amides is 1. The van der Waals surface area contributed by atoms with Crippen LogP contribution in [0, 0.1) is 11.8 Å². The van der Waals surface area contributed by atoms with Crippen molar-refractivity contribution in [2.24, 2.45) is 17.6 Å². The molecule has 0 bridgehead atoms. The van der Waals surface area contributed by atoms with Gasteiger partial charge in [0.1, 0.15) is 6.04 Å². The average molecular weight is 296 g/mol. The van der Waals surface area contributed by atoms with Crippen LogP contribution in [0.25, 0.3) is 0 Å². The molecule has 7 nitrogen and oxygen atoms in total. The first-order valence-electron chi connectivity index (χ1n) is 7.52. The number of urea groups is 1. The second-order valence-corrected chi connectivity index (χ2v) is 6.28. The van der Waals surface area contributed by atoms with Crippen LogP contribution in [0.1, 0.15) is 33.1 Å². The monoisotopic (exact) mass is 296 g/mol. The van der Waals surface area contributed by atoms with Crippen molar-refractivity contribution in [2.75, 3.05) is 13.1 Å². The lowest BCUT2D eigenvalue weighted by Crippen LogP contribution is -2.59. The van der Waals surface area contributed by atoms with E-state index in [1.807, 2.05) is 13.8 Å². The van der Waals surface area contributed by atoms with E-state index < -0.39 is 12.1 Å². The molecular formula is C14H24N4O3. The fourth-order valence-corrected chi connectivity index (χ4v) is 3.17. The highest BCUT2D eigenvalue weighted by molar-refractivity contribution is 5.87. The number of amides is 4. The van der Waals surface area contributed by atoms with E-state index in [1.54, 1.807) is 4.90 Å². The first kappa shape index (κ1) is 15.6. The van der Waals surface area contributed by atoms with Gasteiger partial charge in [-0.05, 0) is 24.7 Å². The largest absolute Gasteiger partial charge is 0.353 e. The van der Waals surface area contributed by atoms with Gasteiger partial charge in [0.05, 0.1) is 0 Å². The van der Waals surface area contributed by atoms with Gasteiger partial charge in [0.15, 0.2) is 0 Å². The Morgan fingerprint density at radius 2 is 2.10 bits per heavy atom. The van der Waals surface area contributed by atoms with Gasteiger partial charge in [0.2, 0.25) is 11.8 Å². The van der Waals surface area contributed by atoms with E-state index in [4.69, 9.17) is 5.73 Å². The van der Waals surface area contributed by atoms with Crippen molar-refractivity contribution in [2.45, 2.75) is 45.2 Å². The lowest BCUT2D eigenvalue weighted by atomic mass is 9.84. The Bertz CT molecular complexity index is 438. The maximum atomic E-state index is 12.6. The number of nitrogens with one attached hydrogen (secondary N) is 2. The summed E-state index contributed by atoms with van der Waals surface area (Å²) in [6, 6.07) is -1.09. The molecule has 0 saturated carbocycles. The number of rotatable bonds is 3. The van der Waals surface area contributed by atoms with E-state index in [0.29, 0.717) is 25.4 Å². The van der Waals surface area contributed by atoms with Gasteiger partial charge < -0.3 is 21.3 Å². The molecule has 2 heterocycles. The lowest BCUT2D eigenvalue weighted by molar-refractivity contribution is -0.137. The maximum absolute atomic E-state index is 12.6.